The molecule has 0 fully saturated rings. The lowest BCUT2D eigenvalue weighted by Gasteiger charge is -2.12. The van der Waals surface area contributed by atoms with Crippen LogP contribution in [0.25, 0.3) is 11.0 Å². The van der Waals surface area contributed by atoms with E-state index in [1.54, 1.807) is 6.82 Å². The molecule has 8 heteroatoms. The molecule has 6 nitrogen and oxygen atoms in total. The maximum atomic E-state index is 14.5. The Hall–Kier alpha value is -2.61. The second-order valence-electron chi connectivity index (χ2n) is 6.07. The Bertz CT molecular complexity index is 940. The minimum atomic E-state index is -0.906. The lowest BCUT2D eigenvalue weighted by molar-refractivity contribution is 0.555. The van der Waals surface area contributed by atoms with Gasteiger partial charge in [0.25, 0.3) is 0 Å². The third-order valence-electron chi connectivity index (χ3n) is 4.42. The number of benzene rings is 1. The van der Waals surface area contributed by atoms with Crippen molar-refractivity contribution in [1.29, 1.82) is 0 Å². The number of pyridine rings is 1. The molecule has 1 aliphatic carbocycles. The zero-order valence-electron chi connectivity index (χ0n) is 13.3. The molecule has 0 radical (unpaired) electrons. The molecule has 0 bridgehead atoms. The largest absolute Gasteiger partial charge is 0.433 e. The molecule has 0 aliphatic heterocycles. The molecular weight excluding hydrogens is 308 g/mol. The van der Waals surface area contributed by atoms with E-state index in [4.69, 9.17) is 5.73 Å². The summed E-state index contributed by atoms with van der Waals surface area (Å²) in [4.78, 5) is 4.31. The summed E-state index contributed by atoms with van der Waals surface area (Å²) in [6.45, 7) is 1.55. The summed E-state index contributed by atoms with van der Waals surface area (Å²) in [5, 5.41) is 17.3. The fraction of sp³-hybridized carbons (Fsp3) is 0.250. The van der Waals surface area contributed by atoms with Crippen LogP contribution in [-0.4, -0.2) is 26.7 Å². The van der Waals surface area contributed by atoms with Crippen molar-refractivity contribution < 1.29 is 9.41 Å². The highest BCUT2D eigenvalue weighted by Gasteiger charge is 2.20. The van der Waals surface area contributed by atoms with Crippen molar-refractivity contribution in [3.8, 4) is 0 Å². The highest BCUT2D eigenvalue weighted by Crippen LogP contribution is 2.32. The van der Waals surface area contributed by atoms with Crippen molar-refractivity contribution in [2.75, 3.05) is 11.1 Å². The molecule has 2 aromatic heterocycles. The van der Waals surface area contributed by atoms with E-state index in [0.717, 1.165) is 24.9 Å². The van der Waals surface area contributed by atoms with Crippen LogP contribution in [0.2, 0.25) is 6.82 Å². The van der Waals surface area contributed by atoms with Crippen molar-refractivity contribution in [3.63, 3.8) is 0 Å². The SMILES string of the molecule is CB(O)n1nc(N)c2cc(F)c(Nc3cccc4c3CCC4)nc21. The van der Waals surface area contributed by atoms with Gasteiger partial charge < -0.3 is 16.1 Å². The minimum absolute atomic E-state index is 0.101. The molecular formula is C16H17BFN5O. The van der Waals surface area contributed by atoms with E-state index < -0.39 is 12.9 Å². The highest BCUT2D eigenvalue weighted by atomic mass is 19.1. The minimum Gasteiger partial charge on any atom is -0.431 e. The number of aromatic nitrogens is 3. The summed E-state index contributed by atoms with van der Waals surface area (Å²) < 4.78 is 15.7. The van der Waals surface area contributed by atoms with E-state index in [1.165, 1.54) is 21.8 Å². The molecule has 4 N–H and O–H groups in total. The first-order chi connectivity index (χ1) is 11.5. The number of fused-ring (bicyclic) bond motifs is 2. The number of nitrogen functional groups attached to an aromatic ring is 1. The molecule has 122 valence electrons. The van der Waals surface area contributed by atoms with Crippen molar-refractivity contribution in [1.82, 2.24) is 14.7 Å². The normalized spacial score (nSPS) is 13.3. The lowest BCUT2D eigenvalue weighted by atomic mass is 9.89. The number of nitrogens with one attached hydrogen (secondary N) is 1. The fourth-order valence-corrected chi connectivity index (χ4v) is 3.27. The Kier molecular flexibility index (Phi) is 3.42. The second kappa shape index (κ2) is 5.49. The van der Waals surface area contributed by atoms with E-state index >= 15 is 0 Å². The first-order valence-electron chi connectivity index (χ1n) is 7.94. The molecule has 2 heterocycles. The second-order valence-corrected chi connectivity index (χ2v) is 6.07. The van der Waals surface area contributed by atoms with Gasteiger partial charge in [0.2, 0.25) is 0 Å². The van der Waals surface area contributed by atoms with Crippen molar-refractivity contribution in [2.24, 2.45) is 0 Å². The Morgan fingerprint density at radius 2 is 2.21 bits per heavy atom. The van der Waals surface area contributed by atoms with E-state index in [1.807, 2.05) is 12.1 Å². The van der Waals surface area contributed by atoms with Gasteiger partial charge in [-0.25, -0.2) is 9.37 Å². The van der Waals surface area contributed by atoms with E-state index in [9.17, 15) is 9.41 Å². The van der Waals surface area contributed by atoms with E-state index in [-0.39, 0.29) is 11.6 Å². The summed E-state index contributed by atoms with van der Waals surface area (Å²) in [6.07, 6.45) is 3.13. The molecule has 3 aromatic rings. The number of hydrogen-bond donors (Lipinski definition) is 3. The average molecular weight is 325 g/mol. The summed E-state index contributed by atoms with van der Waals surface area (Å²) in [5.74, 6) is -0.260. The summed E-state index contributed by atoms with van der Waals surface area (Å²) >= 11 is 0. The highest BCUT2D eigenvalue weighted by molar-refractivity contribution is 6.47. The maximum Gasteiger partial charge on any atom is 0.433 e. The monoisotopic (exact) mass is 325 g/mol. The van der Waals surface area contributed by atoms with Crippen LogP contribution in [0.1, 0.15) is 17.5 Å². The van der Waals surface area contributed by atoms with Gasteiger partial charge in [0.05, 0.1) is 5.39 Å². The van der Waals surface area contributed by atoms with Gasteiger partial charge in [0.1, 0.15) is 0 Å². The average Bonchev–Trinajstić information content (AvgIpc) is 3.14. The van der Waals surface area contributed by atoms with Crippen LogP contribution in [0.5, 0.6) is 0 Å². The molecule has 1 aromatic carbocycles. The zero-order chi connectivity index (χ0) is 16.8. The van der Waals surface area contributed by atoms with Crippen molar-refractivity contribution in [3.05, 3.63) is 41.2 Å². The fourth-order valence-electron chi connectivity index (χ4n) is 3.27. The molecule has 24 heavy (non-hydrogen) atoms. The van der Waals surface area contributed by atoms with Crippen LogP contribution in [0.4, 0.5) is 21.7 Å². The van der Waals surface area contributed by atoms with E-state index in [0.29, 0.717) is 11.0 Å². The molecule has 0 unspecified atom stereocenters. The van der Waals surface area contributed by atoms with Gasteiger partial charge in [-0.15, -0.1) is 0 Å². The molecule has 0 saturated carbocycles. The maximum absolute atomic E-state index is 14.5. The molecule has 0 saturated heterocycles. The lowest BCUT2D eigenvalue weighted by Crippen LogP contribution is -2.21. The van der Waals surface area contributed by atoms with Gasteiger partial charge in [-0.05, 0) is 49.3 Å². The zero-order valence-corrected chi connectivity index (χ0v) is 13.3. The third kappa shape index (κ3) is 2.30. The summed E-state index contributed by atoms with van der Waals surface area (Å²) in [5.41, 5.74) is 9.51. The summed E-state index contributed by atoms with van der Waals surface area (Å²) in [6, 6.07) is 7.29. The quantitative estimate of drug-likeness (QED) is 0.643. The predicted molar refractivity (Wildman–Crippen MR) is 92.9 cm³/mol. The molecule has 0 amide bonds. The predicted octanol–water partition coefficient (Wildman–Crippen LogP) is 2.34. The number of nitrogens with zero attached hydrogens (tertiary/aromatic N) is 3. The van der Waals surface area contributed by atoms with Crippen molar-refractivity contribution in [2.45, 2.75) is 26.1 Å². The Balaban J connectivity index is 1.81. The van der Waals surface area contributed by atoms with Gasteiger partial charge in [0.15, 0.2) is 23.1 Å². The number of halogens is 1. The van der Waals surface area contributed by atoms with Gasteiger partial charge in [-0.2, -0.15) is 5.10 Å². The molecule has 1 aliphatic rings. The smallest absolute Gasteiger partial charge is 0.431 e. The van der Waals surface area contributed by atoms with Crippen LogP contribution in [-0.2, 0) is 12.8 Å². The van der Waals surface area contributed by atoms with Gasteiger partial charge in [-0.1, -0.05) is 12.1 Å². The first kappa shape index (κ1) is 15.0. The van der Waals surface area contributed by atoms with Crippen LogP contribution < -0.4 is 11.1 Å². The topological polar surface area (TPSA) is 89.0 Å². The molecule has 0 spiro atoms. The van der Waals surface area contributed by atoms with E-state index in [2.05, 4.69) is 21.5 Å². The van der Waals surface area contributed by atoms with Crippen molar-refractivity contribution >= 4 is 35.4 Å². The molecule has 4 rings (SSSR count). The first-order valence-corrected chi connectivity index (χ1v) is 7.94. The van der Waals surface area contributed by atoms with Gasteiger partial charge in [-0.3, -0.25) is 4.59 Å². The molecule has 0 atom stereocenters. The van der Waals surface area contributed by atoms with Crippen LogP contribution in [0, 0.1) is 5.82 Å². The summed E-state index contributed by atoms with van der Waals surface area (Å²) in [7, 11) is -0.906. The van der Waals surface area contributed by atoms with Crippen LogP contribution in [0.3, 0.4) is 0 Å². The third-order valence-corrected chi connectivity index (χ3v) is 4.42. The number of hydrogen-bond acceptors (Lipinski definition) is 5. The number of anilines is 3. The van der Waals surface area contributed by atoms with Crippen LogP contribution in [0.15, 0.2) is 24.3 Å². The Morgan fingerprint density at radius 1 is 1.38 bits per heavy atom. The number of rotatable bonds is 3. The Morgan fingerprint density at radius 3 is 3.00 bits per heavy atom. The van der Waals surface area contributed by atoms with Crippen LogP contribution >= 0.6 is 0 Å². The number of nitrogens with two attached hydrogens (primary N) is 1. The Labute approximate surface area is 138 Å². The standard InChI is InChI=1S/C16H17BFN5O/c1-17(24)23-16-11(14(19)22-23)8-12(18)15(21-16)20-13-7-3-5-9-4-2-6-10(9)13/h3,5,7-8,24H,2,4,6H2,1H3,(H2,19,22)(H,20,21). The van der Waals surface area contributed by atoms with Gasteiger partial charge in [0, 0.05) is 5.69 Å². The van der Waals surface area contributed by atoms with Gasteiger partial charge >= 0.3 is 7.05 Å². The number of aryl methyl sites for hydroxylation is 1.